The minimum atomic E-state index is -0.945. The lowest BCUT2D eigenvalue weighted by Gasteiger charge is -2.33. The number of nitrogens with one attached hydrogen (secondary N) is 2. The van der Waals surface area contributed by atoms with E-state index in [0.29, 0.717) is 28.1 Å². The Kier molecular flexibility index (Phi) is 6.48. The molecule has 2 aromatic heterocycles. The molecule has 3 aromatic rings. The summed E-state index contributed by atoms with van der Waals surface area (Å²) in [5.74, 6) is -0.418. The van der Waals surface area contributed by atoms with Crippen molar-refractivity contribution in [1.29, 1.82) is 0 Å². The highest BCUT2D eigenvalue weighted by atomic mass is 35.5. The van der Waals surface area contributed by atoms with E-state index in [-0.39, 0.29) is 5.56 Å². The largest absolute Gasteiger partial charge is 0.478 e. The van der Waals surface area contributed by atoms with Crippen molar-refractivity contribution in [2.75, 3.05) is 38.0 Å². The van der Waals surface area contributed by atoms with Crippen LogP contribution in [0.5, 0.6) is 0 Å². The van der Waals surface area contributed by atoms with E-state index in [2.05, 4.69) is 32.4 Å². The summed E-state index contributed by atoms with van der Waals surface area (Å²) in [7, 11) is 0. The van der Waals surface area contributed by atoms with Gasteiger partial charge in [-0.2, -0.15) is 0 Å². The summed E-state index contributed by atoms with van der Waals surface area (Å²) in [5.41, 5.74) is 0.892. The minimum Gasteiger partial charge on any atom is -0.478 e. The van der Waals surface area contributed by atoms with Crippen molar-refractivity contribution in [2.45, 2.75) is 19.4 Å². The molecule has 1 aliphatic rings. The quantitative estimate of drug-likeness (QED) is 0.476. The number of carboxylic acid groups (broad SMARTS) is 1. The maximum Gasteiger partial charge on any atom is 0.336 e. The van der Waals surface area contributed by atoms with Crippen molar-refractivity contribution in [1.82, 2.24) is 20.2 Å². The fourth-order valence-electron chi connectivity index (χ4n) is 3.69. The Balaban J connectivity index is 1.46. The highest BCUT2D eigenvalue weighted by Gasteiger charge is 2.17. The van der Waals surface area contributed by atoms with Gasteiger partial charge in [-0.05, 0) is 31.5 Å². The molecule has 0 radical (unpaired) electrons. The van der Waals surface area contributed by atoms with Gasteiger partial charge in [0.25, 0.3) is 0 Å². The molecule has 1 fully saturated rings. The van der Waals surface area contributed by atoms with Crippen LogP contribution in [0.15, 0.2) is 30.5 Å². The van der Waals surface area contributed by atoms with Gasteiger partial charge in [0.05, 0.1) is 21.7 Å². The molecule has 9 heteroatoms. The van der Waals surface area contributed by atoms with Gasteiger partial charge >= 0.3 is 5.97 Å². The van der Waals surface area contributed by atoms with Crippen LogP contribution >= 0.6 is 22.9 Å². The zero-order chi connectivity index (χ0) is 21.1. The summed E-state index contributed by atoms with van der Waals surface area (Å²) < 4.78 is 0.888. The normalized spacial score (nSPS) is 17.3. The number of benzene rings is 1. The average molecular weight is 446 g/mol. The third kappa shape index (κ3) is 4.57. The number of anilines is 1. The summed E-state index contributed by atoms with van der Waals surface area (Å²) in [5, 5.41) is 17.3. The Hall–Kier alpha value is -2.26. The molecule has 0 spiro atoms. The molecule has 0 amide bonds. The van der Waals surface area contributed by atoms with Gasteiger partial charge in [-0.1, -0.05) is 17.7 Å². The number of fused-ring (bicyclic) bond motifs is 1. The third-order valence-corrected chi connectivity index (χ3v) is 6.70. The van der Waals surface area contributed by atoms with Crippen LogP contribution in [0.1, 0.15) is 23.7 Å². The van der Waals surface area contributed by atoms with Gasteiger partial charge in [-0.15, -0.1) is 11.3 Å². The smallest absolute Gasteiger partial charge is 0.336 e. The standard InChI is InChI=1S/C21H24ClN5O2S/c1-13-11-23-7-9-27(13)8-3-6-24-21-25-12-16(22)19(26-21)18-10-15-14(20(28)29)4-2-5-17(15)30-18/h2,4-5,10,12-13,23H,3,6-9,11H2,1H3,(H,28,29)(H,24,25,26)/t13-/m1/s1. The van der Waals surface area contributed by atoms with E-state index in [1.54, 1.807) is 18.3 Å². The molecule has 30 heavy (non-hydrogen) atoms. The molecule has 1 atom stereocenters. The van der Waals surface area contributed by atoms with Crippen molar-refractivity contribution in [3.05, 3.63) is 41.0 Å². The first-order valence-electron chi connectivity index (χ1n) is 10.0. The van der Waals surface area contributed by atoms with Crippen molar-refractivity contribution in [2.24, 2.45) is 0 Å². The van der Waals surface area contributed by atoms with E-state index in [9.17, 15) is 9.90 Å². The van der Waals surface area contributed by atoms with Crippen LogP contribution in [-0.2, 0) is 0 Å². The van der Waals surface area contributed by atoms with Gasteiger partial charge in [0, 0.05) is 48.9 Å². The van der Waals surface area contributed by atoms with Crippen molar-refractivity contribution in [3.63, 3.8) is 0 Å². The number of hydrogen-bond acceptors (Lipinski definition) is 7. The van der Waals surface area contributed by atoms with E-state index in [4.69, 9.17) is 11.6 Å². The summed E-state index contributed by atoms with van der Waals surface area (Å²) in [6, 6.07) is 7.66. The van der Waals surface area contributed by atoms with Gasteiger partial charge in [-0.25, -0.2) is 14.8 Å². The molecule has 1 saturated heterocycles. The van der Waals surface area contributed by atoms with Crippen LogP contribution in [0.2, 0.25) is 5.02 Å². The molecule has 0 bridgehead atoms. The Morgan fingerprint density at radius 1 is 1.47 bits per heavy atom. The second-order valence-electron chi connectivity index (χ2n) is 7.39. The van der Waals surface area contributed by atoms with E-state index < -0.39 is 5.97 Å². The Morgan fingerprint density at radius 3 is 3.13 bits per heavy atom. The van der Waals surface area contributed by atoms with E-state index in [1.807, 2.05) is 12.1 Å². The minimum absolute atomic E-state index is 0.278. The SMILES string of the molecule is C[C@@H]1CNCCN1CCCNc1ncc(Cl)c(-c2cc3c(C(=O)O)cccc3s2)n1. The van der Waals surface area contributed by atoms with E-state index >= 15 is 0 Å². The van der Waals surface area contributed by atoms with Crippen LogP contribution in [0.4, 0.5) is 5.95 Å². The highest BCUT2D eigenvalue weighted by Crippen LogP contribution is 2.37. The average Bonchev–Trinajstić information content (AvgIpc) is 3.17. The summed E-state index contributed by atoms with van der Waals surface area (Å²) in [6.07, 6.45) is 2.59. The molecule has 3 N–H and O–H groups in total. The number of carboxylic acids is 1. The second kappa shape index (κ2) is 9.26. The summed E-state index contributed by atoms with van der Waals surface area (Å²) >= 11 is 7.84. The molecule has 4 rings (SSSR count). The number of halogens is 1. The van der Waals surface area contributed by atoms with Crippen molar-refractivity contribution >= 4 is 44.9 Å². The number of nitrogens with zero attached hydrogens (tertiary/aromatic N) is 3. The molecule has 0 unspecified atom stereocenters. The molecule has 0 saturated carbocycles. The van der Waals surface area contributed by atoms with Gasteiger partial charge in [0.15, 0.2) is 0 Å². The number of rotatable bonds is 7. The summed E-state index contributed by atoms with van der Waals surface area (Å²) in [6.45, 7) is 7.20. The fourth-order valence-corrected chi connectivity index (χ4v) is 5.03. The van der Waals surface area contributed by atoms with Crippen LogP contribution in [0.3, 0.4) is 0 Å². The molecule has 7 nitrogen and oxygen atoms in total. The molecule has 1 aliphatic heterocycles. The monoisotopic (exact) mass is 445 g/mol. The highest BCUT2D eigenvalue weighted by molar-refractivity contribution is 7.22. The maximum absolute atomic E-state index is 11.5. The molecular weight excluding hydrogens is 422 g/mol. The number of aromatic nitrogens is 2. The zero-order valence-corrected chi connectivity index (χ0v) is 18.3. The molecule has 0 aliphatic carbocycles. The van der Waals surface area contributed by atoms with Crippen molar-refractivity contribution in [3.8, 4) is 10.6 Å². The second-order valence-corrected chi connectivity index (χ2v) is 8.88. The van der Waals surface area contributed by atoms with Gasteiger partial charge in [0.1, 0.15) is 5.69 Å². The Labute approximate surface area is 184 Å². The Bertz CT molecular complexity index is 1060. The number of piperazine rings is 1. The predicted octanol–water partition coefficient (Wildman–Crippen LogP) is 3.81. The number of thiophene rings is 1. The fraction of sp³-hybridized carbons (Fsp3) is 0.381. The number of carbonyl (C=O) groups is 1. The van der Waals surface area contributed by atoms with Crippen LogP contribution in [0.25, 0.3) is 20.7 Å². The van der Waals surface area contributed by atoms with Gasteiger partial charge in [-0.3, -0.25) is 4.90 Å². The zero-order valence-electron chi connectivity index (χ0n) is 16.7. The molecule has 3 heterocycles. The van der Waals surface area contributed by atoms with Crippen LogP contribution in [-0.4, -0.2) is 64.7 Å². The molecule has 158 valence electrons. The first-order valence-corrected chi connectivity index (χ1v) is 11.2. The number of hydrogen-bond donors (Lipinski definition) is 3. The van der Waals surface area contributed by atoms with Gasteiger partial charge < -0.3 is 15.7 Å². The maximum atomic E-state index is 11.5. The molecule has 1 aromatic carbocycles. The summed E-state index contributed by atoms with van der Waals surface area (Å²) in [4.78, 5) is 23.7. The number of aromatic carboxylic acids is 1. The van der Waals surface area contributed by atoms with Crippen LogP contribution < -0.4 is 10.6 Å². The van der Waals surface area contributed by atoms with Crippen LogP contribution in [0, 0.1) is 0 Å². The first kappa shape index (κ1) is 21.0. The third-order valence-electron chi connectivity index (χ3n) is 5.31. The lowest BCUT2D eigenvalue weighted by atomic mass is 10.1. The first-order chi connectivity index (χ1) is 14.5. The van der Waals surface area contributed by atoms with E-state index in [1.165, 1.54) is 11.3 Å². The van der Waals surface area contributed by atoms with E-state index in [0.717, 1.165) is 48.7 Å². The molecular formula is C21H24ClN5O2S. The topological polar surface area (TPSA) is 90.4 Å². The Morgan fingerprint density at radius 2 is 2.33 bits per heavy atom. The van der Waals surface area contributed by atoms with Gasteiger partial charge in [0.2, 0.25) is 5.95 Å². The lowest BCUT2D eigenvalue weighted by molar-refractivity contribution is 0.0699. The lowest BCUT2D eigenvalue weighted by Crippen LogP contribution is -2.50. The van der Waals surface area contributed by atoms with Crippen molar-refractivity contribution < 1.29 is 9.90 Å². The predicted molar refractivity (Wildman–Crippen MR) is 122 cm³/mol.